The van der Waals surface area contributed by atoms with Crippen LogP contribution in [-0.4, -0.2) is 24.0 Å². The van der Waals surface area contributed by atoms with Gasteiger partial charge in [0, 0.05) is 18.2 Å². The van der Waals surface area contributed by atoms with Gasteiger partial charge in [-0.25, -0.2) is 0 Å². The van der Waals surface area contributed by atoms with E-state index in [1.165, 1.54) is 0 Å². The first-order valence-corrected chi connectivity index (χ1v) is 7.04. The fourth-order valence-corrected chi connectivity index (χ4v) is 2.44. The molecule has 3 rings (SSSR count). The van der Waals surface area contributed by atoms with Gasteiger partial charge in [0.2, 0.25) is 0 Å². The van der Waals surface area contributed by atoms with E-state index in [1.807, 2.05) is 54.2 Å². The number of ether oxygens (including phenoxy) is 2. The molecule has 0 saturated heterocycles. The zero-order valence-corrected chi connectivity index (χ0v) is 12.9. The summed E-state index contributed by atoms with van der Waals surface area (Å²) in [5.41, 5.74) is 4.06. The van der Waals surface area contributed by atoms with Crippen LogP contribution in [-0.2, 0) is 7.05 Å². The number of hydrogen-bond acceptors (Lipinski definition) is 3. The monoisotopic (exact) mass is 294 g/mol. The van der Waals surface area contributed by atoms with E-state index < -0.39 is 0 Å². The molecular weight excluding hydrogens is 276 g/mol. The number of benzene rings is 2. The Kier molecular flexibility index (Phi) is 3.83. The molecule has 0 unspecified atom stereocenters. The zero-order chi connectivity index (χ0) is 15.5. The van der Waals surface area contributed by atoms with Crippen LogP contribution in [0.15, 0.2) is 54.6 Å². The fraction of sp³-hybridized carbons (Fsp3) is 0.167. The molecule has 22 heavy (non-hydrogen) atoms. The van der Waals surface area contributed by atoms with Crippen LogP contribution >= 0.6 is 0 Å². The van der Waals surface area contributed by atoms with Crippen molar-refractivity contribution < 1.29 is 9.47 Å². The van der Waals surface area contributed by atoms with Crippen molar-refractivity contribution >= 4 is 0 Å². The largest absolute Gasteiger partial charge is 0.497 e. The molecule has 1 aromatic heterocycles. The quantitative estimate of drug-likeness (QED) is 0.735. The fourth-order valence-electron chi connectivity index (χ4n) is 2.44. The van der Waals surface area contributed by atoms with Gasteiger partial charge >= 0.3 is 0 Å². The van der Waals surface area contributed by atoms with Crippen molar-refractivity contribution in [2.75, 3.05) is 14.2 Å². The van der Waals surface area contributed by atoms with Crippen molar-refractivity contribution in [2.24, 2.45) is 7.05 Å². The van der Waals surface area contributed by atoms with E-state index in [1.54, 1.807) is 14.2 Å². The highest BCUT2D eigenvalue weighted by atomic mass is 16.5. The zero-order valence-electron chi connectivity index (χ0n) is 12.9. The molecule has 0 N–H and O–H groups in total. The highest BCUT2D eigenvalue weighted by Gasteiger charge is 2.10. The van der Waals surface area contributed by atoms with Gasteiger partial charge in [0.05, 0.1) is 25.6 Å². The van der Waals surface area contributed by atoms with Crippen molar-refractivity contribution in [2.45, 2.75) is 0 Å². The van der Waals surface area contributed by atoms with Crippen LogP contribution in [0.3, 0.4) is 0 Å². The highest BCUT2D eigenvalue weighted by Crippen LogP contribution is 2.29. The van der Waals surface area contributed by atoms with Crippen LogP contribution in [0, 0.1) is 0 Å². The summed E-state index contributed by atoms with van der Waals surface area (Å²) in [4.78, 5) is 0. The lowest BCUT2D eigenvalue weighted by atomic mass is 10.1. The van der Waals surface area contributed by atoms with Gasteiger partial charge in [-0.2, -0.15) is 5.10 Å². The molecule has 0 bridgehead atoms. The third-order valence-electron chi connectivity index (χ3n) is 3.61. The topological polar surface area (TPSA) is 36.3 Å². The van der Waals surface area contributed by atoms with E-state index in [0.717, 1.165) is 34.0 Å². The van der Waals surface area contributed by atoms with Gasteiger partial charge in [0.15, 0.2) is 0 Å². The molecule has 3 aromatic rings. The predicted octanol–water partition coefficient (Wildman–Crippen LogP) is 3.77. The first-order valence-electron chi connectivity index (χ1n) is 7.04. The lowest BCUT2D eigenvalue weighted by Crippen LogP contribution is -1.94. The van der Waals surface area contributed by atoms with Crippen LogP contribution < -0.4 is 9.47 Å². The number of methoxy groups -OCH3 is 2. The number of nitrogens with zero attached hydrogens (tertiary/aromatic N) is 2. The van der Waals surface area contributed by atoms with E-state index in [2.05, 4.69) is 17.2 Å². The van der Waals surface area contributed by atoms with Gasteiger partial charge < -0.3 is 9.47 Å². The second-order valence-corrected chi connectivity index (χ2v) is 5.00. The van der Waals surface area contributed by atoms with E-state index in [0.29, 0.717) is 0 Å². The summed E-state index contributed by atoms with van der Waals surface area (Å²) in [5.74, 6) is 1.66. The molecule has 0 amide bonds. The highest BCUT2D eigenvalue weighted by molar-refractivity contribution is 5.70. The normalized spacial score (nSPS) is 10.5. The SMILES string of the molecule is COc1cccc(-c2cc(-c3cccc(OC)c3)n(C)n2)c1. The number of rotatable bonds is 4. The lowest BCUT2D eigenvalue weighted by Gasteiger charge is -2.04. The molecule has 112 valence electrons. The minimum atomic E-state index is 0.825. The third kappa shape index (κ3) is 2.68. The Hall–Kier alpha value is -2.75. The number of aryl methyl sites for hydroxylation is 1. The molecule has 0 aliphatic carbocycles. The first kappa shape index (κ1) is 14.2. The maximum absolute atomic E-state index is 5.29. The van der Waals surface area contributed by atoms with Gasteiger partial charge in [-0.05, 0) is 30.3 Å². The average Bonchev–Trinajstić information content (AvgIpc) is 2.97. The Morgan fingerprint density at radius 2 is 1.41 bits per heavy atom. The van der Waals surface area contributed by atoms with E-state index in [4.69, 9.17) is 9.47 Å². The molecule has 4 heteroatoms. The molecule has 0 spiro atoms. The summed E-state index contributed by atoms with van der Waals surface area (Å²) in [7, 11) is 5.28. The van der Waals surface area contributed by atoms with Crippen LogP contribution in [0.5, 0.6) is 11.5 Å². The Morgan fingerprint density at radius 1 is 0.818 bits per heavy atom. The van der Waals surface area contributed by atoms with Crippen molar-refractivity contribution in [1.82, 2.24) is 9.78 Å². The number of aromatic nitrogens is 2. The molecule has 0 saturated carbocycles. The molecular formula is C18H18N2O2. The molecule has 1 heterocycles. The van der Waals surface area contributed by atoms with Gasteiger partial charge in [-0.3, -0.25) is 4.68 Å². The second-order valence-electron chi connectivity index (χ2n) is 5.00. The Bertz CT molecular complexity index is 793. The number of hydrogen-bond donors (Lipinski definition) is 0. The predicted molar refractivity (Wildman–Crippen MR) is 87.2 cm³/mol. The Labute approximate surface area is 129 Å². The summed E-state index contributed by atoms with van der Waals surface area (Å²) in [6.45, 7) is 0. The third-order valence-corrected chi connectivity index (χ3v) is 3.61. The minimum absolute atomic E-state index is 0.825. The average molecular weight is 294 g/mol. The first-order chi connectivity index (χ1) is 10.7. The smallest absolute Gasteiger partial charge is 0.119 e. The summed E-state index contributed by atoms with van der Waals surface area (Å²) < 4.78 is 12.4. The summed E-state index contributed by atoms with van der Waals surface area (Å²) >= 11 is 0. The molecule has 0 radical (unpaired) electrons. The lowest BCUT2D eigenvalue weighted by molar-refractivity contribution is 0.415. The molecule has 0 aliphatic heterocycles. The molecule has 0 fully saturated rings. The van der Waals surface area contributed by atoms with Crippen molar-refractivity contribution in [3.63, 3.8) is 0 Å². The molecule has 2 aromatic carbocycles. The Morgan fingerprint density at radius 3 is 2.05 bits per heavy atom. The van der Waals surface area contributed by atoms with E-state index in [-0.39, 0.29) is 0 Å². The summed E-state index contributed by atoms with van der Waals surface area (Å²) in [5, 5.41) is 4.61. The minimum Gasteiger partial charge on any atom is -0.497 e. The van der Waals surface area contributed by atoms with Gasteiger partial charge in [0.25, 0.3) is 0 Å². The standard InChI is InChI=1S/C18H18N2O2/c1-20-18(14-7-5-9-16(11-14)22-3)12-17(19-20)13-6-4-8-15(10-13)21-2/h4-12H,1-3H3. The molecule has 0 aliphatic rings. The second kappa shape index (κ2) is 5.93. The van der Waals surface area contributed by atoms with Crippen LogP contribution in [0.1, 0.15) is 0 Å². The van der Waals surface area contributed by atoms with Crippen LogP contribution in [0.2, 0.25) is 0 Å². The van der Waals surface area contributed by atoms with E-state index >= 15 is 0 Å². The van der Waals surface area contributed by atoms with Crippen molar-refractivity contribution in [1.29, 1.82) is 0 Å². The Balaban J connectivity index is 2.03. The molecule has 4 nitrogen and oxygen atoms in total. The van der Waals surface area contributed by atoms with Crippen LogP contribution in [0.4, 0.5) is 0 Å². The van der Waals surface area contributed by atoms with E-state index in [9.17, 15) is 0 Å². The van der Waals surface area contributed by atoms with Crippen LogP contribution in [0.25, 0.3) is 22.5 Å². The van der Waals surface area contributed by atoms with Crippen molar-refractivity contribution in [3.05, 3.63) is 54.6 Å². The maximum atomic E-state index is 5.29. The van der Waals surface area contributed by atoms with Gasteiger partial charge in [-0.1, -0.05) is 24.3 Å². The maximum Gasteiger partial charge on any atom is 0.119 e. The van der Waals surface area contributed by atoms with Crippen molar-refractivity contribution in [3.8, 4) is 34.0 Å². The van der Waals surface area contributed by atoms with Gasteiger partial charge in [-0.15, -0.1) is 0 Å². The molecule has 0 atom stereocenters. The summed E-state index contributed by atoms with van der Waals surface area (Å²) in [6.07, 6.45) is 0. The summed E-state index contributed by atoms with van der Waals surface area (Å²) in [6, 6.07) is 17.9. The van der Waals surface area contributed by atoms with Gasteiger partial charge in [0.1, 0.15) is 11.5 Å².